The van der Waals surface area contributed by atoms with Gasteiger partial charge in [0.25, 0.3) is 0 Å². The van der Waals surface area contributed by atoms with Gasteiger partial charge in [-0.2, -0.15) is 5.26 Å². The summed E-state index contributed by atoms with van der Waals surface area (Å²) < 4.78 is 8.49. The van der Waals surface area contributed by atoms with E-state index in [4.69, 9.17) is 4.74 Å². The van der Waals surface area contributed by atoms with Crippen molar-refractivity contribution >= 4 is 27.4 Å². The van der Waals surface area contributed by atoms with Crippen LogP contribution >= 0.6 is 0 Å². The van der Waals surface area contributed by atoms with Crippen molar-refractivity contribution in [2.24, 2.45) is 0 Å². The van der Waals surface area contributed by atoms with E-state index in [1.165, 1.54) is 16.3 Å². The first-order valence-electron chi connectivity index (χ1n) is 11.5. The SMILES string of the molecule is N#Cc1ccc(-n2c3ccccc3c3ccccc32)c(C2=CC3c4ccccc4OC3C=C2)c1. The van der Waals surface area contributed by atoms with Gasteiger partial charge in [0, 0.05) is 27.8 Å². The number of ether oxygens (including phenoxy) is 1. The molecule has 0 spiro atoms. The summed E-state index contributed by atoms with van der Waals surface area (Å²) >= 11 is 0. The van der Waals surface area contributed by atoms with Crippen LogP contribution in [-0.4, -0.2) is 10.7 Å². The van der Waals surface area contributed by atoms with Crippen molar-refractivity contribution in [3.63, 3.8) is 0 Å². The Hall–Kier alpha value is -4.55. The molecule has 2 unspecified atom stereocenters. The summed E-state index contributed by atoms with van der Waals surface area (Å²) in [6.07, 6.45) is 6.59. The maximum Gasteiger partial charge on any atom is 0.128 e. The van der Waals surface area contributed by atoms with Gasteiger partial charge >= 0.3 is 0 Å². The van der Waals surface area contributed by atoms with Gasteiger partial charge in [0.1, 0.15) is 11.9 Å². The first-order chi connectivity index (χ1) is 16.8. The molecule has 160 valence electrons. The molecule has 5 aromatic rings. The standard InChI is InChI=1S/C31H20N2O/c32-19-20-13-15-29(33-27-10-4-1-7-22(27)23-8-2-5-11-28(23)33)25(17-20)21-14-16-31-26(18-21)24-9-3-6-12-30(24)34-31/h1-18,26,31H. The van der Waals surface area contributed by atoms with Crippen LogP contribution in [0.3, 0.4) is 0 Å². The third kappa shape index (κ3) is 2.69. The average Bonchev–Trinajstić information content (AvgIpc) is 3.44. The van der Waals surface area contributed by atoms with Gasteiger partial charge in [-0.15, -0.1) is 0 Å². The summed E-state index contributed by atoms with van der Waals surface area (Å²) in [5.74, 6) is 1.11. The zero-order valence-electron chi connectivity index (χ0n) is 18.3. The van der Waals surface area contributed by atoms with Gasteiger partial charge in [-0.1, -0.05) is 66.7 Å². The number of fused-ring (bicyclic) bond motifs is 6. The first kappa shape index (κ1) is 19.0. The number of benzene rings is 4. The maximum atomic E-state index is 9.69. The molecule has 7 rings (SSSR count). The van der Waals surface area contributed by atoms with E-state index >= 15 is 0 Å². The summed E-state index contributed by atoms with van der Waals surface area (Å²) in [6.45, 7) is 0. The van der Waals surface area contributed by atoms with Gasteiger partial charge in [0.05, 0.1) is 28.4 Å². The highest BCUT2D eigenvalue weighted by Crippen LogP contribution is 2.44. The molecular weight excluding hydrogens is 416 g/mol. The van der Waals surface area contributed by atoms with E-state index in [2.05, 4.69) is 95.6 Å². The number of nitriles is 1. The van der Waals surface area contributed by atoms with Gasteiger partial charge in [0.15, 0.2) is 0 Å². The Morgan fingerprint density at radius 1 is 0.794 bits per heavy atom. The minimum Gasteiger partial charge on any atom is -0.485 e. The molecule has 1 aromatic heterocycles. The number of hydrogen-bond acceptors (Lipinski definition) is 2. The van der Waals surface area contributed by atoms with Crippen molar-refractivity contribution < 1.29 is 4.74 Å². The Labute approximate surface area is 197 Å². The van der Waals surface area contributed by atoms with E-state index in [9.17, 15) is 5.26 Å². The summed E-state index contributed by atoms with van der Waals surface area (Å²) in [5.41, 5.74) is 7.39. The second-order valence-corrected chi connectivity index (χ2v) is 8.84. The van der Waals surface area contributed by atoms with Gasteiger partial charge in [-0.25, -0.2) is 0 Å². The van der Waals surface area contributed by atoms with Gasteiger partial charge in [0.2, 0.25) is 0 Å². The molecule has 0 bridgehead atoms. The average molecular weight is 437 g/mol. The molecule has 3 nitrogen and oxygen atoms in total. The molecule has 2 heterocycles. The summed E-state index contributed by atoms with van der Waals surface area (Å²) in [4.78, 5) is 0. The molecule has 2 atom stereocenters. The van der Waals surface area contributed by atoms with Crippen LogP contribution in [0.15, 0.2) is 109 Å². The predicted molar refractivity (Wildman–Crippen MR) is 136 cm³/mol. The highest BCUT2D eigenvalue weighted by atomic mass is 16.5. The topological polar surface area (TPSA) is 38.0 Å². The van der Waals surface area contributed by atoms with Crippen molar-refractivity contribution in [1.29, 1.82) is 5.26 Å². The van der Waals surface area contributed by atoms with Crippen LogP contribution in [-0.2, 0) is 0 Å². The lowest BCUT2D eigenvalue weighted by Gasteiger charge is -2.21. The Morgan fingerprint density at radius 3 is 2.26 bits per heavy atom. The van der Waals surface area contributed by atoms with Gasteiger partial charge in [-0.3, -0.25) is 0 Å². The predicted octanol–water partition coefficient (Wildman–Crippen LogP) is 7.15. The van der Waals surface area contributed by atoms with E-state index < -0.39 is 0 Å². The third-order valence-corrected chi connectivity index (χ3v) is 6.98. The monoisotopic (exact) mass is 436 g/mol. The number of para-hydroxylation sites is 3. The van der Waals surface area contributed by atoms with Crippen LogP contribution < -0.4 is 4.74 Å². The molecule has 0 saturated heterocycles. The quantitative estimate of drug-likeness (QED) is 0.295. The third-order valence-electron chi connectivity index (χ3n) is 6.98. The zero-order valence-corrected chi connectivity index (χ0v) is 18.3. The normalized spacial score (nSPS) is 18.3. The highest BCUT2D eigenvalue weighted by molar-refractivity contribution is 6.09. The van der Waals surface area contributed by atoms with Gasteiger partial charge < -0.3 is 9.30 Å². The molecule has 1 aliphatic carbocycles. The Balaban J connectivity index is 1.49. The molecule has 3 heteroatoms. The lowest BCUT2D eigenvalue weighted by Crippen LogP contribution is -2.17. The van der Waals surface area contributed by atoms with Crippen LogP contribution in [0.2, 0.25) is 0 Å². The smallest absolute Gasteiger partial charge is 0.128 e. The van der Waals surface area contributed by atoms with E-state index in [1.807, 2.05) is 24.3 Å². The Bertz CT molecular complexity index is 1660. The molecule has 0 N–H and O–H groups in total. The minimum atomic E-state index is 0.0111. The lowest BCUT2D eigenvalue weighted by molar-refractivity contribution is 0.269. The molecule has 34 heavy (non-hydrogen) atoms. The van der Waals surface area contributed by atoms with E-state index in [0.717, 1.165) is 33.6 Å². The molecule has 0 radical (unpaired) electrons. The van der Waals surface area contributed by atoms with E-state index in [-0.39, 0.29) is 12.0 Å². The molecule has 0 saturated carbocycles. The second kappa shape index (κ2) is 7.23. The van der Waals surface area contributed by atoms with Crippen LogP contribution in [0.1, 0.15) is 22.6 Å². The molecule has 1 aliphatic heterocycles. The maximum absolute atomic E-state index is 9.69. The number of hydrogen-bond donors (Lipinski definition) is 0. The highest BCUT2D eigenvalue weighted by Gasteiger charge is 2.33. The van der Waals surface area contributed by atoms with Gasteiger partial charge in [-0.05, 0) is 48.0 Å². The fourth-order valence-electron chi connectivity index (χ4n) is 5.44. The van der Waals surface area contributed by atoms with Crippen LogP contribution in [0.4, 0.5) is 0 Å². The van der Waals surface area contributed by atoms with Crippen LogP contribution in [0.25, 0.3) is 33.1 Å². The van der Waals surface area contributed by atoms with E-state index in [1.54, 1.807) is 0 Å². The zero-order chi connectivity index (χ0) is 22.6. The first-order valence-corrected chi connectivity index (χ1v) is 11.5. The molecule has 0 amide bonds. The van der Waals surface area contributed by atoms with E-state index in [0.29, 0.717) is 5.56 Å². The van der Waals surface area contributed by atoms with Crippen molar-refractivity contribution in [3.05, 3.63) is 126 Å². The second-order valence-electron chi connectivity index (χ2n) is 8.84. The Morgan fingerprint density at radius 2 is 1.50 bits per heavy atom. The number of allylic oxidation sites excluding steroid dienone is 2. The van der Waals surface area contributed by atoms with Crippen molar-refractivity contribution in [2.45, 2.75) is 12.0 Å². The van der Waals surface area contributed by atoms with Crippen molar-refractivity contribution in [2.75, 3.05) is 0 Å². The molecule has 0 fully saturated rings. The van der Waals surface area contributed by atoms with Crippen molar-refractivity contribution in [3.8, 4) is 17.5 Å². The van der Waals surface area contributed by atoms with Crippen LogP contribution in [0.5, 0.6) is 5.75 Å². The molecule has 4 aromatic carbocycles. The number of nitrogens with zero attached hydrogens (tertiary/aromatic N) is 2. The fourth-order valence-corrected chi connectivity index (χ4v) is 5.44. The number of aromatic nitrogens is 1. The summed E-state index contributed by atoms with van der Waals surface area (Å²) in [5, 5.41) is 12.1. The van der Waals surface area contributed by atoms with Crippen LogP contribution in [0, 0.1) is 11.3 Å². The largest absolute Gasteiger partial charge is 0.485 e. The summed E-state index contributed by atoms with van der Waals surface area (Å²) in [6, 6.07) is 33.6. The fraction of sp³-hybridized carbons (Fsp3) is 0.0645. The van der Waals surface area contributed by atoms with Crippen molar-refractivity contribution in [1.82, 2.24) is 4.57 Å². The Kier molecular flexibility index (Phi) is 4.03. The number of rotatable bonds is 2. The minimum absolute atomic E-state index is 0.0111. The lowest BCUT2D eigenvalue weighted by atomic mass is 9.86. The molecular formula is C31H20N2O. The summed E-state index contributed by atoms with van der Waals surface area (Å²) in [7, 11) is 0. The molecule has 2 aliphatic rings.